The van der Waals surface area contributed by atoms with Crippen LogP contribution in [0, 0.1) is 18.3 Å². The molecule has 0 spiro atoms. The molecule has 2 aromatic carbocycles. The molecule has 3 aromatic heterocycles. The van der Waals surface area contributed by atoms with Crippen molar-refractivity contribution in [3.05, 3.63) is 85.4 Å². The van der Waals surface area contributed by atoms with Crippen LogP contribution < -0.4 is 10.3 Å². The van der Waals surface area contributed by atoms with Gasteiger partial charge >= 0.3 is 12.1 Å². The van der Waals surface area contributed by atoms with Crippen LogP contribution in [-0.4, -0.2) is 32.2 Å². The van der Waals surface area contributed by atoms with E-state index in [0.717, 1.165) is 6.07 Å². The van der Waals surface area contributed by atoms with E-state index in [1.54, 1.807) is 30.3 Å². The standard InChI is InChI=1S/C30H22ClF3N4O4S/c1-14(2)26-24(29(40)41)25-27(43-26)19(6-7-36-25)20-12-18(31)4-5-22(20)42-9-8-38-15(3)37-21-11-17(30(32,33)34)10-16(13-35)23(21)28(38)39/h4-7,10-12,14H,8-9H2,1-3H3,(H,40,41). The van der Waals surface area contributed by atoms with Crippen LogP contribution in [-0.2, 0) is 12.7 Å². The quantitative estimate of drug-likeness (QED) is 0.200. The van der Waals surface area contributed by atoms with Gasteiger partial charge < -0.3 is 9.84 Å². The van der Waals surface area contributed by atoms with Crippen molar-refractivity contribution in [3.63, 3.8) is 0 Å². The van der Waals surface area contributed by atoms with Gasteiger partial charge in [0.25, 0.3) is 5.56 Å². The summed E-state index contributed by atoms with van der Waals surface area (Å²) in [7, 11) is 0. The zero-order valence-corrected chi connectivity index (χ0v) is 24.5. The Morgan fingerprint density at radius 1 is 1.21 bits per heavy atom. The number of carbonyl (C=O) groups is 1. The van der Waals surface area contributed by atoms with E-state index in [9.17, 15) is 33.1 Å². The van der Waals surface area contributed by atoms with E-state index in [2.05, 4.69) is 9.97 Å². The van der Waals surface area contributed by atoms with Gasteiger partial charge in [0, 0.05) is 27.2 Å². The normalized spacial score (nSPS) is 11.8. The molecule has 0 aliphatic heterocycles. The Kier molecular flexibility index (Phi) is 7.89. The molecule has 43 heavy (non-hydrogen) atoms. The van der Waals surface area contributed by atoms with E-state index < -0.39 is 28.8 Å². The first-order valence-corrected chi connectivity index (χ1v) is 14.1. The maximum Gasteiger partial charge on any atom is 0.416 e. The van der Waals surface area contributed by atoms with Crippen LogP contribution in [0.1, 0.15) is 52.0 Å². The van der Waals surface area contributed by atoms with Gasteiger partial charge in [0.2, 0.25) is 0 Å². The van der Waals surface area contributed by atoms with Gasteiger partial charge in [0.05, 0.1) is 44.4 Å². The van der Waals surface area contributed by atoms with Gasteiger partial charge in [0.1, 0.15) is 24.3 Å². The van der Waals surface area contributed by atoms with Crippen LogP contribution in [0.2, 0.25) is 5.02 Å². The fourth-order valence-corrected chi connectivity index (χ4v) is 6.34. The van der Waals surface area contributed by atoms with Crippen molar-refractivity contribution in [1.82, 2.24) is 14.5 Å². The summed E-state index contributed by atoms with van der Waals surface area (Å²) in [6.07, 6.45) is -3.18. The van der Waals surface area contributed by atoms with Crippen molar-refractivity contribution in [1.29, 1.82) is 5.26 Å². The van der Waals surface area contributed by atoms with E-state index >= 15 is 0 Å². The summed E-state index contributed by atoms with van der Waals surface area (Å²) in [4.78, 5) is 34.6. The number of ether oxygens (including phenoxy) is 1. The molecule has 5 aromatic rings. The first kappa shape index (κ1) is 30.0. The zero-order valence-electron chi connectivity index (χ0n) is 22.9. The summed E-state index contributed by atoms with van der Waals surface area (Å²) in [5.74, 6) is -0.564. The highest BCUT2D eigenvalue weighted by atomic mass is 35.5. The minimum Gasteiger partial charge on any atom is -0.491 e. The predicted molar refractivity (Wildman–Crippen MR) is 157 cm³/mol. The number of fused-ring (bicyclic) bond motifs is 2. The lowest BCUT2D eigenvalue weighted by Gasteiger charge is -2.16. The molecule has 0 unspecified atom stereocenters. The summed E-state index contributed by atoms with van der Waals surface area (Å²) in [6.45, 7) is 5.24. The van der Waals surface area contributed by atoms with Crippen molar-refractivity contribution >= 4 is 50.0 Å². The van der Waals surface area contributed by atoms with E-state index in [-0.39, 0.29) is 41.4 Å². The largest absolute Gasteiger partial charge is 0.491 e. The van der Waals surface area contributed by atoms with Crippen LogP contribution in [0.15, 0.2) is 47.4 Å². The summed E-state index contributed by atoms with van der Waals surface area (Å²) in [5.41, 5.74) is -0.602. The molecule has 5 rings (SSSR count). The highest BCUT2D eigenvalue weighted by molar-refractivity contribution is 7.20. The number of pyridine rings is 1. The molecule has 0 fully saturated rings. The Morgan fingerprint density at radius 2 is 1.95 bits per heavy atom. The van der Waals surface area contributed by atoms with Gasteiger partial charge in [-0.3, -0.25) is 14.3 Å². The fraction of sp³-hybridized carbons (Fsp3) is 0.233. The van der Waals surface area contributed by atoms with E-state index in [0.29, 0.717) is 43.1 Å². The Balaban J connectivity index is 1.52. The maximum absolute atomic E-state index is 13.3. The van der Waals surface area contributed by atoms with E-state index in [1.165, 1.54) is 29.0 Å². The number of aryl methyl sites for hydroxylation is 1. The average Bonchev–Trinajstić information content (AvgIpc) is 3.35. The number of benzene rings is 2. The highest BCUT2D eigenvalue weighted by Gasteiger charge is 2.32. The fourth-order valence-electron chi connectivity index (χ4n) is 4.89. The van der Waals surface area contributed by atoms with Crippen molar-refractivity contribution in [2.45, 2.75) is 39.4 Å². The third-order valence-electron chi connectivity index (χ3n) is 6.84. The Labute approximate surface area is 251 Å². The number of rotatable bonds is 7. The SMILES string of the molecule is Cc1nc2cc(C(F)(F)F)cc(C#N)c2c(=O)n1CCOc1ccc(Cl)cc1-c1ccnc2c(C(=O)O)c(C(C)C)sc12. The Bertz CT molecular complexity index is 2030. The van der Waals surface area contributed by atoms with Crippen LogP contribution >= 0.6 is 22.9 Å². The molecular formula is C30H22ClF3N4O4S. The number of nitriles is 1. The lowest BCUT2D eigenvalue weighted by Crippen LogP contribution is -2.27. The molecule has 0 bridgehead atoms. The predicted octanol–water partition coefficient (Wildman–Crippen LogP) is 7.43. The maximum atomic E-state index is 13.3. The topological polar surface area (TPSA) is 118 Å². The summed E-state index contributed by atoms with van der Waals surface area (Å²) in [5, 5.41) is 19.6. The lowest BCUT2D eigenvalue weighted by molar-refractivity contribution is -0.137. The number of halogens is 4. The number of nitrogens with zero attached hydrogens (tertiary/aromatic N) is 4. The van der Waals surface area contributed by atoms with Gasteiger partial charge in [-0.25, -0.2) is 9.78 Å². The number of carboxylic acids is 1. The molecule has 1 N–H and O–H groups in total. The van der Waals surface area contributed by atoms with Gasteiger partial charge in [-0.2, -0.15) is 18.4 Å². The molecule has 0 aliphatic rings. The van der Waals surface area contributed by atoms with Gasteiger partial charge in [-0.15, -0.1) is 11.3 Å². The van der Waals surface area contributed by atoms with Gasteiger partial charge in [-0.05, 0) is 49.2 Å². The minimum atomic E-state index is -4.70. The van der Waals surface area contributed by atoms with Crippen LogP contribution in [0.25, 0.3) is 32.2 Å². The molecule has 0 radical (unpaired) electrons. The number of hydrogen-bond acceptors (Lipinski definition) is 7. The molecule has 0 amide bonds. The number of aromatic nitrogens is 3. The van der Waals surface area contributed by atoms with E-state index in [1.807, 2.05) is 13.8 Å². The molecule has 8 nitrogen and oxygen atoms in total. The summed E-state index contributed by atoms with van der Waals surface area (Å²) >= 11 is 7.67. The monoisotopic (exact) mass is 626 g/mol. The molecular weight excluding hydrogens is 605 g/mol. The Morgan fingerprint density at radius 3 is 2.60 bits per heavy atom. The first-order chi connectivity index (χ1) is 20.3. The van der Waals surface area contributed by atoms with Crippen LogP contribution in [0.3, 0.4) is 0 Å². The highest BCUT2D eigenvalue weighted by Crippen LogP contribution is 2.43. The van der Waals surface area contributed by atoms with Gasteiger partial charge in [0.15, 0.2) is 0 Å². The van der Waals surface area contributed by atoms with Crippen molar-refractivity contribution in [3.8, 4) is 22.9 Å². The van der Waals surface area contributed by atoms with Crippen molar-refractivity contribution < 1.29 is 27.8 Å². The molecule has 0 atom stereocenters. The number of aromatic carboxylic acids is 1. The number of thiophene rings is 1. The average molecular weight is 627 g/mol. The molecule has 0 saturated heterocycles. The zero-order chi connectivity index (χ0) is 31.2. The van der Waals surface area contributed by atoms with Crippen molar-refractivity contribution in [2.75, 3.05) is 6.61 Å². The lowest BCUT2D eigenvalue weighted by atomic mass is 10.0. The number of hydrogen-bond donors (Lipinski definition) is 1. The number of carboxylic acid groups (broad SMARTS) is 1. The molecule has 3 heterocycles. The van der Waals surface area contributed by atoms with Crippen LogP contribution in [0.4, 0.5) is 13.2 Å². The minimum absolute atomic E-state index is 0.0209. The third kappa shape index (κ3) is 5.53. The smallest absolute Gasteiger partial charge is 0.416 e. The van der Waals surface area contributed by atoms with Gasteiger partial charge in [-0.1, -0.05) is 25.4 Å². The second-order valence-electron chi connectivity index (χ2n) is 9.97. The Hall–Kier alpha value is -4.47. The first-order valence-electron chi connectivity index (χ1n) is 12.9. The van der Waals surface area contributed by atoms with Crippen molar-refractivity contribution in [2.24, 2.45) is 0 Å². The summed E-state index contributed by atoms with van der Waals surface area (Å²) < 4.78 is 48.0. The molecule has 13 heteroatoms. The second-order valence-corrected chi connectivity index (χ2v) is 11.5. The van der Waals surface area contributed by atoms with E-state index in [4.69, 9.17) is 16.3 Å². The third-order valence-corrected chi connectivity index (χ3v) is 8.59. The molecule has 0 saturated carbocycles. The molecule has 0 aliphatic carbocycles. The number of alkyl halides is 3. The van der Waals surface area contributed by atoms with Crippen LogP contribution in [0.5, 0.6) is 5.75 Å². The second kappa shape index (κ2) is 11.3. The molecule has 220 valence electrons. The summed E-state index contributed by atoms with van der Waals surface area (Å²) in [6, 6.07) is 9.79.